The maximum atomic E-state index is 11.6. The number of carbonyl (C=O) groups is 1. The van der Waals surface area contributed by atoms with Crippen molar-refractivity contribution in [1.29, 1.82) is 0 Å². The molecule has 1 rings (SSSR count). The summed E-state index contributed by atoms with van der Waals surface area (Å²) in [5.41, 5.74) is 0.590. The molecule has 0 aliphatic rings. The zero-order valence-electron chi connectivity index (χ0n) is 8.86. The van der Waals surface area contributed by atoms with Gasteiger partial charge in [-0.25, -0.2) is 4.79 Å². The fourth-order valence-corrected chi connectivity index (χ4v) is 0.916. The summed E-state index contributed by atoms with van der Waals surface area (Å²) in [5.74, 6) is -0.280. The summed E-state index contributed by atoms with van der Waals surface area (Å²) in [4.78, 5) is 16.9. The van der Waals surface area contributed by atoms with Crippen molar-refractivity contribution >= 4 is 5.97 Å². The highest BCUT2D eigenvalue weighted by molar-refractivity contribution is 5.88. The van der Waals surface area contributed by atoms with E-state index in [0.717, 1.165) is 6.54 Å². The standard InChI is InChI=1S/C11H16NO2/c1-4-12(2,3)14-11(13)10-8-6-5-7-9-10/h5-9H,4H2,1-3H3/q+1. The Labute approximate surface area is 84.5 Å². The first-order chi connectivity index (χ1) is 6.55. The van der Waals surface area contributed by atoms with Crippen LogP contribution in [0, 0.1) is 0 Å². The summed E-state index contributed by atoms with van der Waals surface area (Å²) in [6.07, 6.45) is 0. The van der Waals surface area contributed by atoms with Gasteiger partial charge < -0.3 is 0 Å². The van der Waals surface area contributed by atoms with Gasteiger partial charge in [-0.2, -0.15) is 0 Å². The molecule has 0 unspecified atom stereocenters. The van der Waals surface area contributed by atoms with Crippen LogP contribution >= 0.6 is 0 Å². The number of nitrogens with zero attached hydrogens (tertiary/aromatic N) is 1. The highest BCUT2D eigenvalue weighted by Crippen LogP contribution is 2.06. The van der Waals surface area contributed by atoms with Crippen LogP contribution in [-0.4, -0.2) is 31.3 Å². The molecule has 0 atom stereocenters. The first-order valence-corrected chi connectivity index (χ1v) is 4.67. The van der Waals surface area contributed by atoms with Gasteiger partial charge in [0.15, 0.2) is 0 Å². The van der Waals surface area contributed by atoms with E-state index in [9.17, 15) is 4.79 Å². The molecule has 0 fully saturated rings. The Morgan fingerprint density at radius 2 is 1.86 bits per heavy atom. The predicted octanol–water partition coefficient (Wildman–Crippen LogP) is 1.85. The van der Waals surface area contributed by atoms with E-state index < -0.39 is 0 Å². The first kappa shape index (κ1) is 10.7. The van der Waals surface area contributed by atoms with Crippen molar-refractivity contribution in [2.24, 2.45) is 0 Å². The van der Waals surface area contributed by atoms with Crippen LogP contribution in [0.4, 0.5) is 0 Å². The summed E-state index contributed by atoms with van der Waals surface area (Å²) in [6.45, 7) is 2.72. The maximum Gasteiger partial charge on any atom is 0.397 e. The first-order valence-electron chi connectivity index (χ1n) is 4.67. The molecule has 3 nitrogen and oxygen atoms in total. The van der Waals surface area contributed by atoms with E-state index in [1.807, 2.05) is 39.2 Å². The Morgan fingerprint density at radius 1 is 1.29 bits per heavy atom. The van der Waals surface area contributed by atoms with Gasteiger partial charge in [-0.05, 0) is 19.1 Å². The topological polar surface area (TPSA) is 26.3 Å². The number of rotatable bonds is 3. The van der Waals surface area contributed by atoms with E-state index in [0.29, 0.717) is 5.56 Å². The van der Waals surface area contributed by atoms with Crippen molar-refractivity contribution in [3.8, 4) is 0 Å². The Kier molecular flexibility index (Phi) is 3.25. The van der Waals surface area contributed by atoms with Crippen LogP contribution in [0.2, 0.25) is 0 Å². The molecule has 14 heavy (non-hydrogen) atoms. The average Bonchev–Trinajstić information content (AvgIpc) is 2.19. The number of hydrogen-bond acceptors (Lipinski definition) is 2. The van der Waals surface area contributed by atoms with Crippen molar-refractivity contribution in [3.05, 3.63) is 35.9 Å². The molecule has 0 radical (unpaired) electrons. The van der Waals surface area contributed by atoms with Crippen LogP contribution in [0.1, 0.15) is 17.3 Å². The van der Waals surface area contributed by atoms with Gasteiger partial charge in [0.1, 0.15) is 20.6 Å². The molecule has 0 aliphatic carbocycles. The van der Waals surface area contributed by atoms with Gasteiger partial charge in [-0.3, -0.25) is 4.84 Å². The van der Waals surface area contributed by atoms with Crippen LogP contribution in [0.3, 0.4) is 0 Å². The van der Waals surface area contributed by atoms with Crippen molar-refractivity contribution in [1.82, 2.24) is 0 Å². The van der Waals surface area contributed by atoms with Crippen LogP contribution < -0.4 is 0 Å². The lowest BCUT2D eigenvalue weighted by Gasteiger charge is -2.24. The van der Waals surface area contributed by atoms with Crippen LogP contribution in [0.5, 0.6) is 0 Å². The minimum atomic E-state index is -0.280. The number of hydrogen-bond donors (Lipinski definition) is 0. The highest BCUT2D eigenvalue weighted by atomic mass is 16.7. The van der Waals surface area contributed by atoms with Crippen LogP contribution in [0.15, 0.2) is 30.3 Å². The van der Waals surface area contributed by atoms with Gasteiger partial charge in [0.25, 0.3) is 0 Å². The Bertz CT molecular complexity index is 306. The molecule has 0 N–H and O–H groups in total. The van der Waals surface area contributed by atoms with E-state index in [1.54, 1.807) is 12.1 Å². The minimum Gasteiger partial charge on any atom is -0.272 e. The van der Waals surface area contributed by atoms with E-state index in [-0.39, 0.29) is 10.6 Å². The second kappa shape index (κ2) is 4.24. The van der Waals surface area contributed by atoms with E-state index in [2.05, 4.69) is 0 Å². The quantitative estimate of drug-likeness (QED) is 0.542. The molecule has 0 aromatic heterocycles. The molecule has 0 spiro atoms. The molecule has 0 saturated carbocycles. The monoisotopic (exact) mass is 194 g/mol. The van der Waals surface area contributed by atoms with Gasteiger partial charge in [0.2, 0.25) is 0 Å². The van der Waals surface area contributed by atoms with Crippen molar-refractivity contribution in [2.45, 2.75) is 6.92 Å². The lowest BCUT2D eigenvalue weighted by molar-refractivity contribution is -1.06. The van der Waals surface area contributed by atoms with Gasteiger partial charge in [-0.15, -0.1) is 4.65 Å². The second-order valence-corrected chi connectivity index (χ2v) is 3.63. The van der Waals surface area contributed by atoms with Crippen molar-refractivity contribution in [3.63, 3.8) is 0 Å². The van der Waals surface area contributed by atoms with E-state index >= 15 is 0 Å². The van der Waals surface area contributed by atoms with Gasteiger partial charge >= 0.3 is 5.97 Å². The Balaban J connectivity index is 2.69. The fraction of sp³-hybridized carbons (Fsp3) is 0.364. The Morgan fingerprint density at radius 3 is 2.36 bits per heavy atom. The van der Waals surface area contributed by atoms with Crippen LogP contribution in [0.25, 0.3) is 0 Å². The molecule has 1 aromatic carbocycles. The Hall–Kier alpha value is -1.35. The summed E-state index contributed by atoms with van der Waals surface area (Å²) in [5, 5.41) is 0. The number of hydroxylamine groups is 3. The van der Waals surface area contributed by atoms with E-state index in [4.69, 9.17) is 4.84 Å². The largest absolute Gasteiger partial charge is 0.397 e. The lowest BCUT2D eigenvalue weighted by Crippen LogP contribution is -2.41. The fourth-order valence-electron chi connectivity index (χ4n) is 0.916. The summed E-state index contributed by atoms with van der Waals surface area (Å²) < 4.78 is 0.244. The summed E-state index contributed by atoms with van der Waals surface area (Å²) in [6, 6.07) is 9.01. The molecule has 0 saturated heterocycles. The van der Waals surface area contributed by atoms with E-state index in [1.165, 1.54) is 0 Å². The predicted molar refractivity (Wildman–Crippen MR) is 54.5 cm³/mol. The SMILES string of the molecule is CC[N+](C)(C)OC(=O)c1ccccc1. The summed E-state index contributed by atoms with van der Waals surface area (Å²) >= 11 is 0. The molecule has 0 amide bonds. The van der Waals surface area contributed by atoms with Gasteiger partial charge in [0, 0.05) is 0 Å². The van der Waals surface area contributed by atoms with Gasteiger partial charge in [0.05, 0.1) is 5.56 Å². The third-order valence-electron chi connectivity index (χ3n) is 2.10. The molecule has 3 heteroatoms. The smallest absolute Gasteiger partial charge is 0.272 e. The van der Waals surface area contributed by atoms with Crippen LogP contribution in [-0.2, 0) is 4.84 Å². The molecule has 76 valence electrons. The van der Waals surface area contributed by atoms with Crippen molar-refractivity contribution < 1.29 is 14.3 Å². The number of benzene rings is 1. The maximum absolute atomic E-state index is 11.6. The zero-order valence-corrected chi connectivity index (χ0v) is 8.86. The number of quaternary nitrogens is 1. The van der Waals surface area contributed by atoms with Gasteiger partial charge in [-0.1, -0.05) is 18.2 Å². The molecule has 1 aromatic rings. The normalized spacial score (nSPS) is 11.1. The summed E-state index contributed by atoms with van der Waals surface area (Å²) in [7, 11) is 3.70. The second-order valence-electron chi connectivity index (χ2n) is 3.63. The third kappa shape index (κ3) is 2.85. The average molecular weight is 194 g/mol. The lowest BCUT2D eigenvalue weighted by atomic mass is 10.2. The molecule has 0 bridgehead atoms. The number of carbonyl (C=O) groups excluding carboxylic acids is 1. The molecular weight excluding hydrogens is 178 g/mol. The molecular formula is C11H16NO2+. The molecule has 0 heterocycles. The third-order valence-corrected chi connectivity index (χ3v) is 2.10. The highest BCUT2D eigenvalue weighted by Gasteiger charge is 2.20. The van der Waals surface area contributed by atoms with Crippen molar-refractivity contribution in [2.75, 3.05) is 20.6 Å². The molecule has 0 aliphatic heterocycles. The zero-order chi connectivity index (χ0) is 10.6. The minimum absolute atomic E-state index is 0.244.